The molecular weight excluding hydrogens is 170 g/mol. The monoisotopic (exact) mass is 189 g/mol. The topological polar surface area (TPSA) is 26.0 Å². The second-order valence-corrected chi connectivity index (χ2v) is 5.25. The van der Waals surface area contributed by atoms with E-state index >= 15 is 0 Å². The molecule has 1 atom stereocenters. The lowest BCUT2D eigenvalue weighted by Crippen LogP contribution is -2.13. The minimum absolute atomic E-state index is 0.300. The van der Waals surface area contributed by atoms with Gasteiger partial charge in [-0.15, -0.1) is 0 Å². The Morgan fingerprint density at radius 1 is 1.36 bits per heavy atom. The molecule has 2 N–H and O–H groups in total. The van der Waals surface area contributed by atoms with Crippen molar-refractivity contribution in [2.24, 2.45) is 0 Å². The smallest absolute Gasteiger partial charge is 0.0352 e. The van der Waals surface area contributed by atoms with Gasteiger partial charge in [0.2, 0.25) is 0 Å². The summed E-state index contributed by atoms with van der Waals surface area (Å²) in [5, 5.41) is 0. The number of nitrogens with two attached hydrogens (primary N) is 1. The molecule has 1 nitrogen and oxygen atoms in total. The molecule has 1 heteroatoms. The highest BCUT2D eigenvalue weighted by Gasteiger charge is 2.36. The van der Waals surface area contributed by atoms with Crippen LogP contribution in [0.5, 0.6) is 0 Å². The SMILES string of the molecule is Cc1ccc(N)c2c1C(C)(C)C[C@@H]2C. The van der Waals surface area contributed by atoms with Crippen molar-refractivity contribution >= 4 is 5.69 Å². The Morgan fingerprint density at radius 2 is 2.00 bits per heavy atom. The van der Waals surface area contributed by atoms with Crippen LogP contribution in [-0.4, -0.2) is 0 Å². The van der Waals surface area contributed by atoms with Gasteiger partial charge in [-0.25, -0.2) is 0 Å². The van der Waals surface area contributed by atoms with E-state index in [0.717, 1.165) is 5.69 Å². The van der Waals surface area contributed by atoms with Gasteiger partial charge in [0, 0.05) is 5.69 Å². The number of rotatable bonds is 0. The van der Waals surface area contributed by atoms with E-state index < -0.39 is 0 Å². The zero-order chi connectivity index (χ0) is 10.5. The van der Waals surface area contributed by atoms with Crippen LogP contribution in [0.15, 0.2) is 12.1 Å². The molecule has 1 aliphatic carbocycles. The van der Waals surface area contributed by atoms with E-state index in [9.17, 15) is 0 Å². The molecule has 1 aliphatic rings. The zero-order valence-corrected chi connectivity index (χ0v) is 9.52. The average Bonchev–Trinajstić information content (AvgIpc) is 2.30. The van der Waals surface area contributed by atoms with Gasteiger partial charge in [-0.2, -0.15) is 0 Å². The highest BCUT2D eigenvalue weighted by molar-refractivity contribution is 5.60. The van der Waals surface area contributed by atoms with E-state index in [1.54, 1.807) is 0 Å². The Balaban J connectivity index is 2.73. The van der Waals surface area contributed by atoms with Gasteiger partial charge in [-0.3, -0.25) is 0 Å². The fourth-order valence-corrected chi connectivity index (χ4v) is 3.14. The molecule has 0 aromatic heterocycles. The van der Waals surface area contributed by atoms with Crippen molar-refractivity contribution < 1.29 is 0 Å². The first kappa shape index (κ1) is 9.57. The summed E-state index contributed by atoms with van der Waals surface area (Å²) in [5.41, 5.74) is 11.6. The van der Waals surface area contributed by atoms with Gasteiger partial charge in [0.1, 0.15) is 0 Å². The minimum atomic E-state index is 0.300. The summed E-state index contributed by atoms with van der Waals surface area (Å²) in [4.78, 5) is 0. The number of hydrogen-bond donors (Lipinski definition) is 1. The summed E-state index contributed by atoms with van der Waals surface area (Å²) < 4.78 is 0. The largest absolute Gasteiger partial charge is 0.398 e. The van der Waals surface area contributed by atoms with E-state index in [1.165, 1.54) is 23.1 Å². The summed E-state index contributed by atoms with van der Waals surface area (Å²) in [7, 11) is 0. The Bertz CT molecular complexity index is 377. The molecule has 76 valence electrons. The van der Waals surface area contributed by atoms with Crippen LogP contribution in [0.1, 0.15) is 49.8 Å². The molecular formula is C13H19N. The first-order valence-electron chi connectivity index (χ1n) is 5.33. The van der Waals surface area contributed by atoms with Crippen LogP contribution in [0, 0.1) is 6.92 Å². The van der Waals surface area contributed by atoms with Crippen LogP contribution in [0.25, 0.3) is 0 Å². The molecule has 0 saturated carbocycles. The first-order chi connectivity index (χ1) is 6.43. The van der Waals surface area contributed by atoms with Gasteiger partial charge >= 0.3 is 0 Å². The maximum absolute atomic E-state index is 6.05. The molecule has 0 spiro atoms. The van der Waals surface area contributed by atoms with Gasteiger partial charge in [-0.05, 0) is 47.4 Å². The lowest BCUT2D eigenvalue weighted by atomic mass is 9.83. The molecule has 0 amide bonds. The summed E-state index contributed by atoms with van der Waals surface area (Å²) >= 11 is 0. The van der Waals surface area contributed by atoms with Gasteiger partial charge in [0.25, 0.3) is 0 Å². The number of hydrogen-bond acceptors (Lipinski definition) is 1. The fourth-order valence-electron chi connectivity index (χ4n) is 3.14. The summed E-state index contributed by atoms with van der Waals surface area (Å²) in [6.07, 6.45) is 1.22. The van der Waals surface area contributed by atoms with E-state index in [4.69, 9.17) is 5.73 Å². The van der Waals surface area contributed by atoms with Crippen molar-refractivity contribution in [3.05, 3.63) is 28.8 Å². The van der Waals surface area contributed by atoms with Gasteiger partial charge in [0.15, 0.2) is 0 Å². The lowest BCUT2D eigenvalue weighted by molar-refractivity contribution is 0.488. The minimum Gasteiger partial charge on any atom is -0.398 e. The standard InChI is InChI=1S/C13H19N/c1-8-5-6-10(14)11-9(2)7-13(3,4)12(8)11/h5-6,9H,7,14H2,1-4H3/t9-/m0/s1. The maximum Gasteiger partial charge on any atom is 0.0352 e. The average molecular weight is 189 g/mol. The molecule has 2 rings (SSSR count). The molecule has 0 radical (unpaired) electrons. The number of benzene rings is 1. The number of fused-ring (bicyclic) bond motifs is 1. The van der Waals surface area contributed by atoms with Crippen LogP contribution < -0.4 is 5.73 Å². The molecule has 0 fully saturated rings. The predicted octanol–water partition coefficient (Wildman–Crippen LogP) is 3.36. The maximum atomic E-state index is 6.05. The first-order valence-corrected chi connectivity index (χ1v) is 5.33. The Hall–Kier alpha value is -0.980. The van der Waals surface area contributed by atoms with E-state index in [-0.39, 0.29) is 0 Å². The number of nitrogen functional groups attached to an aromatic ring is 1. The summed E-state index contributed by atoms with van der Waals surface area (Å²) in [6, 6.07) is 4.19. The molecule has 1 aromatic rings. The predicted molar refractivity (Wildman–Crippen MR) is 61.6 cm³/mol. The van der Waals surface area contributed by atoms with Crippen molar-refractivity contribution in [2.75, 3.05) is 5.73 Å². The van der Waals surface area contributed by atoms with E-state index in [0.29, 0.717) is 11.3 Å². The van der Waals surface area contributed by atoms with Crippen molar-refractivity contribution in [3.8, 4) is 0 Å². The van der Waals surface area contributed by atoms with Crippen LogP contribution in [-0.2, 0) is 5.41 Å². The van der Waals surface area contributed by atoms with Crippen molar-refractivity contribution in [2.45, 2.75) is 45.4 Å². The highest BCUT2D eigenvalue weighted by Crippen LogP contribution is 2.49. The Morgan fingerprint density at radius 3 is 2.57 bits per heavy atom. The number of anilines is 1. The Kier molecular flexibility index (Phi) is 1.88. The molecule has 0 saturated heterocycles. The summed E-state index contributed by atoms with van der Waals surface area (Å²) in [6.45, 7) is 9.12. The molecule has 0 bridgehead atoms. The quantitative estimate of drug-likeness (QED) is 0.622. The van der Waals surface area contributed by atoms with Crippen LogP contribution in [0.3, 0.4) is 0 Å². The second kappa shape index (κ2) is 2.75. The molecule has 0 aliphatic heterocycles. The fraction of sp³-hybridized carbons (Fsp3) is 0.538. The Labute approximate surface area is 86.3 Å². The zero-order valence-electron chi connectivity index (χ0n) is 9.52. The van der Waals surface area contributed by atoms with Crippen LogP contribution in [0.4, 0.5) is 5.69 Å². The van der Waals surface area contributed by atoms with Crippen molar-refractivity contribution in [1.82, 2.24) is 0 Å². The van der Waals surface area contributed by atoms with Gasteiger partial charge < -0.3 is 5.73 Å². The van der Waals surface area contributed by atoms with E-state index in [2.05, 4.69) is 33.8 Å². The molecule has 14 heavy (non-hydrogen) atoms. The second-order valence-electron chi connectivity index (χ2n) is 5.25. The molecule has 1 aromatic carbocycles. The van der Waals surface area contributed by atoms with Crippen LogP contribution in [0.2, 0.25) is 0 Å². The van der Waals surface area contributed by atoms with Gasteiger partial charge in [-0.1, -0.05) is 26.8 Å². The van der Waals surface area contributed by atoms with Gasteiger partial charge in [0.05, 0.1) is 0 Å². The third-order valence-electron chi connectivity index (χ3n) is 3.47. The third-order valence-corrected chi connectivity index (χ3v) is 3.47. The number of aryl methyl sites for hydroxylation is 1. The van der Waals surface area contributed by atoms with E-state index in [1.807, 2.05) is 6.07 Å². The normalized spacial score (nSPS) is 23.6. The third kappa shape index (κ3) is 1.15. The molecule has 0 unspecified atom stereocenters. The highest BCUT2D eigenvalue weighted by atomic mass is 14.6. The van der Waals surface area contributed by atoms with Crippen molar-refractivity contribution in [1.29, 1.82) is 0 Å². The summed E-state index contributed by atoms with van der Waals surface area (Å²) in [5.74, 6) is 0.611. The van der Waals surface area contributed by atoms with Crippen molar-refractivity contribution in [3.63, 3.8) is 0 Å². The van der Waals surface area contributed by atoms with Crippen LogP contribution >= 0.6 is 0 Å². The molecule has 0 heterocycles. The lowest BCUT2D eigenvalue weighted by Gasteiger charge is -2.21.